The third kappa shape index (κ3) is 22.8. The van der Waals surface area contributed by atoms with E-state index in [2.05, 4.69) is 0 Å². The van der Waals surface area contributed by atoms with Crippen LogP contribution in [0, 0.1) is 16.2 Å². The summed E-state index contributed by atoms with van der Waals surface area (Å²) in [6.45, 7) is 16.3. The molecule has 0 spiro atoms. The fourth-order valence-electron chi connectivity index (χ4n) is 2.79. The third-order valence-corrected chi connectivity index (χ3v) is 12.9. The first-order valence-corrected chi connectivity index (χ1v) is 21.1. The second kappa shape index (κ2) is 20.8. The lowest BCUT2D eigenvalue weighted by Gasteiger charge is -2.26. The van der Waals surface area contributed by atoms with E-state index in [0.29, 0.717) is 19.3 Å². The molecule has 0 atom stereocenters. The average molecular weight is 709 g/mol. The molecule has 15 nitrogen and oxygen atoms in total. The SMILES string of the molecule is CCC(C)(C)C(=O)OCCC[Si](O)(O)O.CCC(C)(C)C(=O)OCCC[Si](O)(O)O[Si](O)(O)CCCOC(=O)C(C)(C)CC.O. The van der Waals surface area contributed by atoms with E-state index in [9.17, 15) is 33.6 Å². The minimum absolute atomic E-state index is 0. The fraction of sp³-hybridized carbons (Fsp3) is 0.889. The van der Waals surface area contributed by atoms with Crippen molar-refractivity contribution in [3.63, 3.8) is 0 Å². The van der Waals surface area contributed by atoms with Gasteiger partial charge in [0.15, 0.2) is 0 Å². The van der Waals surface area contributed by atoms with Gasteiger partial charge in [-0.3, -0.25) is 14.4 Å². The predicted molar refractivity (Wildman–Crippen MR) is 171 cm³/mol. The lowest BCUT2D eigenvalue weighted by atomic mass is 9.91. The van der Waals surface area contributed by atoms with Crippen LogP contribution in [-0.2, 0) is 32.7 Å². The summed E-state index contributed by atoms with van der Waals surface area (Å²) in [5.74, 6) is -1.05. The van der Waals surface area contributed by atoms with E-state index in [0.717, 1.165) is 0 Å². The minimum atomic E-state index is -4.32. The van der Waals surface area contributed by atoms with Crippen molar-refractivity contribution in [1.29, 1.82) is 0 Å². The molecule has 0 aliphatic carbocycles. The zero-order valence-corrected chi connectivity index (χ0v) is 31.5. The Morgan fingerprint density at radius 2 is 0.756 bits per heavy atom. The Balaban J connectivity index is -0.000000931. The van der Waals surface area contributed by atoms with Crippen molar-refractivity contribution in [1.82, 2.24) is 0 Å². The average Bonchev–Trinajstić information content (AvgIpc) is 2.90. The van der Waals surface area contributed by atoms with Crippen LogP contribution in [0.25, 0.3) is 0 Å². The van der Waals surface area contributed by atoms with Gasteiger partial charge < -0.3 is 57.4 Å². The molecule has 0 heterocycles. The molecule has 9 N–H and O–H groups in total. The van der Waals surface area contributed by atoms with Crippen LogP contribution in [0.4, 0.5) is 0 Å². The van der Waals surface area contributed by atoms with Crippen molar-refractivity contribution in [3.05, 3.63) is 0 Å². The Hall–Kier alpha value is -1.30. The maximum atomic E-state index is 11.8. The van der Waals surface area contributed by atoms with Gasteiger partial charge in [-0.1, -0.05) is 20.8 Å². The molecule has 0 rings (SSSR count). The van der Waals surface area contributed by atoms with Crippen LogP contribution in [-0.4, -0.2) is 103 Å². The smallest absolute Gasteiger partial charge is 0.465 e. The standard InChI is InChI=1S/C18H38O9Si2.C9H20O5Si.H2O/c1-7-17(3,4)15(19)25-11-9-13-28(21,22)27-29(23,24)14-10-12-26-16(20)18(5,6)8-2;1-4-9(2,3)8(10)14-6-5-7-15(11,12)13;/h21-24H,7-14H2,1-6H3;11-13H,4-7H2,1-3H3;1H2. The molecule has 0 bridgehead atoms. The number of hydrogen-bond acceptors (Lipinski definition) is 14. The second-order valence-electron chi connectivity index (χ2n) is 12.8. The lowest BCUT2D eigenvalue weighted by Crippen LogP contribution is -2.53. The summed E-state index contributed by atoms with van der Waals surface area (Å²) in [5.41, 5.74) is -1.73. The molecule has 0 saturated carbocycles. The highest BCUT2D eigenvalue weighted by Crippen LogP contribution is 2.24. The van der Waals surface area contributed by atoms with E-state index in [1.54, 1.807) is 41.5 Å². The Morgan fingerprint density at radius 3 is 0.978 bits per heavy atom. The normalized spacial score (nSPS) is 12.8. The highest BCUT2D eigenvalue weighted by atomic mass is 28.5. The molecule has 0 aromatic carbocycles. The van der Waals surface area contributed by atoms with E-state index in [1.165, 1.54) is 0 Å². The first-order chi connectivity index (χ1) is 19.8. The fourth-order valence-corrected chi connectivity index (χ4v) is 7.53. The van der Waals surface area contributed by atoms with Crippen LogP contribution >= 0.6 is 0 Å². The van der Waals surface area contributed by atoms with Crippen molar-refractivity contribution < 1.29 is 71.8 Å². The van der Waals surface area contributed by atoms with Gasteiger partial charge in [-0.25, -0.2) is 0 Å². The highest BCUT2D eigenvalue weighted by Gasteiger charge is 2.45. The van der Waals surface area contributed by atoms with Crippen LogP contribution < -0.4 is 0 Å². The maximum absolute atomic E-state index is 11.8. The number of hydrogen-bond donors (Lipinski definition) is 7. The Morgan fingerprint density at radius 1 is 0.511 bits per heavy atom. The van der Waals surface area contributed by atoms with Crippen LogP contribution in [0.5, 0.6) is 0 Å². The Kier molecular flexibility index (Phi) is 22.3. The molecular formula is C27H60O15Si3. The molecule has 45 heavy (non-hydrogen) atoms. The topological polar surface area (TPSA) is 261 Å². The molecule has 270 valence electrons. The molecule has 18 heteroatoms. The molecular weight excluding hydrogens is 649 g/mol. The molecule has 0 radical (unpaired) electrons. The summed E-state index contributed by atoms with van der Waals surface area (Å²) < 4.78 is 20.0. The van der Waals surface area contributed by atoms with Gasteiger partial charge in [0.25, 0.3) is 0 Å². The first-order valence-electron chi connectivity index (χ1n) is 15.1. The molecule has 0 unspecified atom stereocenters. The number of rotatable bonds is 20. The van der Waals surface area contributed by atoms with E-state index >= 15 is 0 Å². The molecule has 0 saturated heterocycles. The van der Waals surface area contributed by atoms with Gasteiger partial charge in [-0.05, 0) is 80.1 Å². The third-order valence-electron chi connectivity index (χ3n) is 7.29. The van der Waals surface area contributed by atoms with Gasteiger partial charge in [0.05, 0.1) is 36.1 Å². The monoisotopic (exact) mass is 708 g/mol. The highest BCUT2D eigenvalue weighted by molar-refractivity contribution is 6.72. The minimum Gasteiger partial charge on any atom is -0.465 e. The summed E-state index contributed by atoms with van der Waals surface area (Å²) in [6.07, 6.45) is 2.42. The molecule has 0 aromatic heterocycles. The summed E-state index contributed by atoms with van der Waals surface area (Å²) in [4.78, 5) is 101. The van der Waals surface area contributed by atoms with Crippen LogP contribution in [0.15, 0.2) is 0 Å². The zero-order chi connectivity index (χ0) is 35.0. The second-order valence-corrected chi connectivity index (χ2v) is 19.6. The zero-order valence-electron chi connectivity index (χ0n) is 28.5. The van der Waals surface area contributed by atoms with Gasteiger partial charge in [0.2, 0.25) is 0 Å². The Labute approximate surface area is 270 Å². The Bertz CT molecular complexity index is 826. The van der Waals surface area contributed by atoms with Gasteiger partial charge in [-0.2, -0.15) is 0 Å². The lowest BCUT2D eigenvalue weighted by molar-refractivity contribution is -0.154. The number of ether oxygens (including phenoxy) is 3. The van der Waals surface area contributed by atoms with E-state index in [1.807, 2.05) is 20.8 Å². The molecule has 0 aliphatic rings. The van der Waals surface area contributed by atoms with Crippen LogP contribution in [0.1, 0.15) is 101 Å². The first kappa shape index (κ1) is 48.1. The number of carbonyl (C=O) groups excluding carboxylic acids is 3. The van der Waals surface area contributed by atoms with Crippen LogP contribution in [0.3, 0.4) is 0 Å². The maximum Gasteiger partial charge on any atom is 0.492 e. The molecule has 0 amide bonds. The van der Waals surface area contributed by atoms with Gasteiger partial charge >= 0.3 is 44.3 Å². The molecule has 0 fully saturated rings. The van der Waals surface area contributed by atoms with Gasteiger partial charge in [0, 0.05) is 18.1 Å². The summed E-state index contributed by atoms with van der Waals surface area (Å²) in [5, 5.41) is 0. The molecule has 0 aliphatic heterocycles. The largest absolute Gasteiger partial charge is 0.492 e. The predicted octanol–water partition coefficient (Wildman–Crippen LogP) is 1.04. The summed E-state index contributed by atoms with van der Waals surface area (Å²) in [7, 11) is -12.6. The van der Waals surface area contributed by atoms with Gasteiger partial charge in [0.1, 0.15) is 0 Å². The summed E-state index contributed by atoms with van der Waals surface area (Å²) >= 11 is 0. The number of carbonyl (C=O) groups is 3. The van der Waals surface area contributed by atoms with E-state index < -0.39 is 42.7 Å². The van der Waals surface area contributed by atoms with E-state index in [-0.39, 0.29) is 80.6 Å². The number of esters is 3. The van der Waals surface area contributed by atoms with Crippen molar-refractivity contribution >= 4 is 44.3 Å². The van der Waals surface area contributed by atoms with Crippen molar-refractivity contribution in [2.75, 3.05) is 19.8 Å². The van der Waals surface area contributed by atoms with Gasteiger partial charge in [-0.15, -0.1) is 0 Å². The van der Waals surface area contributed by atoms with E-state index in [4.69, 9.17) is 32.7 Å². The quantitative estimate of drug-likeness (QED) is 0.0403. The summed E-state index contributed by atoms with van der Waals surface area (Å²) in [6, 6.07) is -0.572. The van der Waals surface area contributed by atoms with Crippen molar-refractivity contribution in [2.45, 2.75) is 119 Å². The van der Waals surface area contributed by atoms with Crippen molar-refractivity contribution in [2.24, 2.45) is 16.2 Å². The van der Waals surface area contributed by atoms with Crippen LogP contribution in [0.2, 0.25) is 18.1 Å². The van der Waals surface area contributed by atoms with Crippen molar-refractivity contribution in [3.8, 4) is 0 Å². The molecule has 0 aromatic rings.